The van der Waals surface area contributed by atoms with E-state index >= 15 is 0 Å². The summed E-state index contributed by atoms with van der Waals surface area (Å²) < 4.78 is 11.3. The van der Waals surface area contributed by atoms with Gasteiger partial charge in [0.15, 0.2) is 5.78 Å². The Morgan fingerprint density at radius 3 is 1.79 bits per heavy atom. The number of hydrogen-bond donors (Lipinski definition) is 2. The van der Waals surface area contributed by atoms with Crippen molar-refractivity contribution < 1.29 is 23.9 Å². The minimum Gasteiger partial charge on any atom is -0.378 e. The molecule has 2 unspecified atom stereocenters. The summed E-state index contributed by atoms with van der Waals surface area (Å²) in [6.07, 6.45) is 12.2. The second kappa shape index (κ2) is 22.2. The van der Waals surface area contributed by atoms with Crippen molar-refractivity contribution in [2.75, 3.05) is 33.0 Å². The number of ketones is 2. The monoisotopic (exact) mass is 597 g/mol. The van der Waals surface area contributed by atoms with Crippen LogP contribution in [0.2, 0.25) is 0 Å². The van der Waals surface area contributed by atoms with Crippen molar-refractivity contribution in [1.82, 2.24) is 10.6 Å². The lowest BCUT2D eigenvalue weighted by molar-refractivity contribution is -0.137. The van der Waals surface area contributed by atoms with Gasteiger partial charge in [-0.2, -0.15) is 0 Å². The molecule has 0 radical (unpaired) electrons. The molecule has 0 bridgehead atoms. The Labute approximate surface area is 259 Å². The van der Waals surface area contributed by atoms with E-state index in [-0.39, 0.29) is 35.0 Å². The van der Waals surface area contributed by atoms with Crippen LogP contribution in [0.1, 0.15) is 152 Å². The van der Waals surface area contributed by atoms with Crippen molar-refractivity contribution in [2.45, 2.75) is 164 Å². The minimum absolute atomic E-state index is 0.0289. The Morgan fingerprint density at radius 1 is 0.690 bits per heavy atom. The van der Waals surface area contributed by atoms with Crippen molar-refractivity contribution in [3.63, 3.8) is 0 Å². The smallest absolute Gasteiger partial charge is 0.246 e. The van der Waals surface area contributed by atoms with Gasteiger partial charge in [-0.15, -0.1) is 0 Å². The van der Waals surface area contributed by atoms with Crippen molar-refractivity contribution in [2.24, 2.45) is 10.8 Å². The molecule has 0 heterocycles. The largest absolute Gasteiger partial charge is 0.378 e. The quantitative estimate of drug-likeness (QED) is 0.0904. The third-order valence-electron chi connectivity index (χ3n) is 9.05. The standard InChI is InChI=1S/C35H68N2O5/c1-10-16-23-33(7,15-6)32(40)29(17-18-30(38)34(8,19-11-2)20-12-3)37-31(39)28-42-27-26-41-25-24-36-35(9,21-13-4)22-14-5/h29,36H,10-28H2,1-9H3,(H,37,39). The van der Waals surface area contributed by atoms with E-state index < -0.39 is 11.5 Å². The maximum Gasteiger partial charge on any atom is 0.246 e. The Hall–Kier alpha value is -1.31. The lowest BCUT2D eigenvalue weighted by atomic mass is 9.73. The van der Waals surface area contributed by atoms with Crippen molar-refractivity contribution in [3.8, 4) is 0 Å². The molecule has 0 aliphatic heterocycles. The molecule has 0 aromatic carbocycles. The zero-order valence-corrected chi connectivity index (χ0v) is 29.1. The molecule has 7 heteroatoms. The number of unbranched alkanes of at least 4 members (excludes halogenated alkanes) is 1. The first kappa shape index (κ1) is 40.7. The van der Waals surface area contributed by atoms with Crippen LogP contribution in [0.25, 0.3) is 0 Å². The first-order valence-corrected chi connectivity index (χ1v) is 17.2. The van der Waals surface area contributed by atoms with Gasteiger partial charge in [0, 0.05) is 29.3 Å². The molecular formula is C35H68N2O5. The Balaban J connectivity index is 5.02. The van der Waals surface area contributed by atoms with E-state index in [1.165, 1.54) is 0 Å². The summed E-state index contributed by atoms with van der Waals surface area (Å²) in [6.45, 7) is 21.1. The van der Waals surface area contributed by atoms with Crippen LogP contribution in [0.4, 0.5) is 0 Å². The van der Waals surface area contributed by atoms with E-state index in [1.807, 2.05) is 13.8 Å². The molecule has 42 heavy (non-hydrogen) atoms. The molecule has 248 valence electrons. The summed E-state index contributed by atoms with van der Waals surface area (Å²) >= 11 is 0. The summed E-state index contributed by atoms with van der Waals surface area (Å²) in [7, 11) is 0. The van der Waals surface area contributed by atoms with Crippen molar-refractivity contribution >= 4 is 17.5 Å². The molecule has 0 aromatic heterocycles. The molecule has 2 atom stereocenters. The van der Waals surface area contributed by atoms with Gasteiger partial charge in [0.1, 0.15) is 12.4 Å². The van der Waals surface area contributed by atoms with Crippen LogP contribution in [0.15, 0.2) is 0 Å². The first-order chi connectivity index (χ1) is 19.9. The van der Waals surface area contributed by atoms with E-state index in [1.54, 1.807) is 0 Å². The van der Waals surface area contributed by atoms with Crippen LogP contribution >= 0.6 is 0 Å². The second-order valence-electron chi connectivity index (χ2n) is 13.2. The molecule has 0 spiro atoms. The Morgan fingerprint density at radius 2 is 1.26 bits per heavy atom. The number of rotatable bonds is 28. The summed E-state index contributed by atoms with van der Waals surface area (Å²) in [6, 6.07) is -0.692. The third-order valence-corrected chi connectivity index (χ3v) is 9.05. The zero-order chi connectivity index (χ0) is 32.1. The van der Waals surface area contributed by atoms with E-state index in [4.69, 9.17) is 9.47 Å². The van der Waals surface area contributed by atoms with Crippen molar-refractivity contribution in [1.29, 1.82) is 0 Å². The van der Waals surface area contributed by atoms with E-state index in [9.17, 15) is 14.4 Å². The number of nitrogens with one attached hydrogen (secondary N) is 2. The highest BCUT2D eigenvalue weighted by Crippen LogP contribution is 2.34. The van der Waals surface area contributed by atoms with Gasteiger partial charge in [-0.25, -0.2) is 0 Å². The topological polar surface area (TPSA) is 93.7 Å². The van der Waals surface area contributed by atoms with Crippen LogP contribution in [0.5, 0.6) is 0 Å². The van der Waals surface area contributed by atoms with Gasteiger partial charge in [0.25, 0.3) is 0 Å². The number of hydrogen-bond acceptors (Lipinski definition) is 6. The SMILES string of the molecule is CCCCC(C)(CC)C(=O)C(CCC(=O)C(C)(CCC)CCC)NC(=O)COCCOCCNC(C)(CCC)CCC. The van der Waals surface area contributed by atoms with Gasteiger partial charge in [-0.3, -0.25) is 14.4 Å². The highest BCUT2D eigenvalue weighted by atomic mass is 16.5. The molecule has 2 N–H and O–H groups in total. The molecule has 1 amide bonds. The Bertz CT molecular complexity index is 744. The highest BCUT2D eigenvalue weighted by molar-refractivity contribution is 5.94. The van der Waals surface area contributed by atoms with Gasteiger partial charge >= 0.3 is 0 Å². The molecule has 0 saturated heterocycles. The Kier molecular flexibility index (Phi) is 21.5. The van der Waals surface area contributed by atoms with Gasteiger partial charge in [-0.1, -0.05) is 93.9 Å². The maximum atomic E-state index is 13.8. The first-order valence-electron chi connectivity index (χ1n) is 17.2. The number of amides is 1. The van der Waals surface area contributed by atoms with E-state index in [0.29, 0.717) is 39.1 Å². The highest BCUT2D eigenvalue weighted by Gasteiger charge is 2.38. The molecule has 0 saturated carbocycles. The zero-order valence-electron chi connectivity index (χ0n) is 29.1. The predicted molar refractivity (Wildman–Crippen MR) is 175 cm³/mol. The second-order valence-corrected chi connectivity index (χ2v) is 13.2. The molecule has 0 fully saturated rings. The fourth-order valence-corrected chi connectivity index (χ4v) is 6.27. The van der Waals surface area contributed by atoms with Crippen LogP contribution in [-0.2, 0) is 23.9 Å². The predicted octanol–water partition coefficient (Wildman–Crippen LogP) is 7.58. The average Bonchev–Trinajstić information content (AvgIpc) is 2.95. The summed E-state index contributed by atoms with van der Waals surface area (Å²) in [5.74, 6) is -0.102. The van der Waals surface area contributed by atoms with Crippen LogP contribution in [0, 0.1) is 10.8 Å². The molecule has 0 rings (SSSR count). The van der Waals surface area contributed by atoms with Gasteiger partial charge in [-0.05, 0) is 51.9 Å². The lowest BCUT2D eigenvalue weighted by Gasteiger charge is -2.32. The normalized spacial score (nSPS) is 14.4. The van der Waals surface area contributed by atoms with Crippen LogP contribution in [-0.4, -0.2) is 62.0 Å². The van der Waals surface area contributed by atoms with Crippen molar-refractivity contribution in [3.05, 3.63) is 0 Å². The van der Waals surface area contributed by atoms with Crippen LogP contribution in [0.3, 0.4) is 0 Å². The molecule has 0 aliphatic carbocycles. The maximum absolute atomic E-state index is 13.8. The lowest BCUT2D eigenvalue weighted by Crippen LogP contribution is -2.48. The minimum atomic E-state index is -0.692. The fourth-order valence-electron chi connectivity index (χ4n) is 6.27. The number of ether oxygens (including phenoxy) is 2. The molecule has 7 nitrogen and oxygen atoms in total. The van der Waals surface area contributed by atoms with Crippen LogP contribution < -0.4 is 10.6 Å². The number of Topliss-reactive ketones (excluding diaryl/α,β-unsaturated/α-hetero) is 2. The molecular weight excluding hydrogens is 528 g/mol. The van der Waals surface area contributed by atoms with Gasteiger partial charge in [0.05, 0.1) is 25.9 Å². The number of carbonyl (C=O) groups is 3. The summed E-state index contributed by atoms with van der Waals surface area (Å²) in [5, 5.41) is 6.57. The third kappa shape index (κ3) is 15.4. The number of carbonyl (C=O) groups excluding carboxylic acids is 3. The van der Waals surface area contributed by atoms with Gasteiger partial charge in [0.2, 0.25) is 5.91 Å². The van der Waals surface area contributed by atoms with E-state index in [2.05, 4.69) is 59.1 Å². The average molecular weight is 597 g/mol. The van der Waals surface area contributed by atoms with E-state index in [0.717, 1.165) is 77.2 Å². The summed E-state index contributed by atoms with van der Waals surface area (Å²) in [5.41, 5.74) is -0.754. The summed E-state index contributed by atoms with van der Waals surface area (Å²) in [4.78, 5) is 40.0. The molecule has 0 aromatic rings. The molecule has 0 aliphatic rings. The van der Waals surface area contributed by atoms with Gasteiger partial charge < -0.3 is 20.1 Å². The fraction of sp³-hybridized carbons (Fsp3) is 0.914.